The summed E-state index contributed by atoms with van der Waals surface area (Å²) in [4.78, 5) is 14.3. The standard InChI is InChI=1S/C16H19F3N4O2/c1-9(2)10-7-13(25-21-10)11-5-4-6-23(11)15(24)12-8-14(16(17,18)19)20-22(12)3/h7-9,11H,4-6H2,1-3H3. The second-order valence-electron chi connectivity index (χ2n) is 6.50. The van der Waals surface area contributed by atoms with Gasteiger partial charge in [0.15, 0.2) is 11.5 Å². The zero-order valence-corrected chi connectivity index (χ0v) is 14.2. The molecule has 0 aromatic carbocycles. The van der Waals surface area contributed by atoms with Crippen LogP contribution in [0.1, 0.15) is 66.3 Å². The van der Waals surface area contributed by atoms with E-state index in [4.69, 9.17) is 4.52 Å². The van der Waals surface area contributed by atoms with Crippen LogP contribution in [-0.4, -0.2) is 32.3 Å². The van der Waals surface area contributed by atoms with Crippen molar-refractivity contribution in [1.29, 1.82) is 0 Å². The Balaban J connectivity index is 1.87. The van der Waals surface area contributed by atoms with Crippen LogP contribution in [0.15, 0.2) is 16.7 Å². The van der Waals surface area contributed by atoms with E-state index >= 15 is 0 Å². The lowest BCUT2D eigenvalue weighted by molar-refractivity contribution is -0.141. The number of carbonyl (C=O) groups excluding carboxylic acids is 1. The normalized spacial score (nSPS) is 18.4. The van der Waals surface area contributed by atoms with E-state index in [9.17, 15) is 18.0 Å². The third kappa shape index (κ3) is 3.27. The van der Waals surface area contributed by atoms with Crippen LogP contribution in [0.25, 0.3) is 0 Å². The molecule has 3 rings (SSSR count). The second-order valence-corrected chi connectivity index (χ2v) is 6.50. The van der Waals surface area contributed by atoms with Crippen LogP contribution in [0.2, 0.25) is 0 Å². The highest BCUT2D eigenvalue weighted by molar-refractivity contribution is 5.93. The lowest BCUT2D eigenvalue weighted by Crippen LogP contribution is -2.31. The Morgan fingerprint density at radius 1 is 1.36 bits per heavy atom. The summed E-state index contributed by atoms with van der Waals surface area (Å²) in [5.74, 6) is 0.262. The van der Waals surface area contributed by atoms with E-state index in [1.807, 2.05) is 19.9 Å². The van der Waals surface area contributed by atoms with Crippen LogP contribution in [0.3, 0.4) is 0 Å². The first-order chi connectivity index (χ1) is 11.7. The summed E-state index contributed by atoms with van der Waals surface area (Å²) in [7, 11) is 1.33. The molecule has 1 unspecified atom stereocenters. The van der Waals surface area contributed by atoms with Crippen LogP contribution in [0.4, 0.5) is 13.2 Å². The van der Waals surface area contributed by atoms with Crippen molar-refractivity contribution in [3.8, 4) is 0 Å². The maximum Gasteiger partial charge on any atom is 0.435 e. The Morgan fingerprint density at radius 2 is 2.08 bits per heavy atom. The number of aromatic nitrogens is 3. The Kier molecular flexibility index (Phi) is 4.34. The molecule has 2 aromatic heterocycles. The molecule has 0 bridgehead atoms. The smallest absolute Gasteiger partial charge is 0.359 e. The third-order valence-electron chi connectivity index (χ3n) is 4.37. The highest BCUT2D eigenvalue weighted by Crippen LogP contribution is 2.35. The van der Waals surface area contributed by atoms with Gasteiger partial charge in [0.2, 0.25) is 0 Å². The molecule has 1 aliphatic rings. The van der Waals surface area contributed by atoms with Gasteiger partial charge in [-0.3, -0.25) is 9.48 Å². The maximum atomic E-state index is 12.8. The van der Waals surface area contributed by atoms with Crippen LogP contribution in [0, 0.1) is 0 Å². The summed E-state index contributed by atoms with van der Waals surface area (Å²) in [6.07, 6.45) is -3.15. The van der Waals surface area contributed by atoms with Crippen molar-refractivity contribution in [3.63, 3.8) is 0 Å². The van der Waals surface area contributed by atoms with E-state index in [-0.39, 0.29) is 17.7 Å². The Labute approximate surface area is 142 Å². The van der Waals surface area contributed by atoms with Gasteiger partial charge < -0.3 is 9.42 Å². The highest BCUT2D eigenvalue weighted by atomic mass is 19.4. The lowest BCUT2D eigenvalue weighted by Gasteiger charge is -2.22. The van der Waals surface area contributed by atoms with Gasteiger partial charge in [-0.05, 0) is 18.8 Å². The molecule has 2 aromatic rings. The minimum atomic E-state index is -4.59. The predicted molar refractivity (Wildman–Crippen MR) is 81.8 cm³/mol. The quantitative estimate of drug-likeness (QED) is 0.844. The molecule has 3 heterocycles. The van der Waals surface area contributed by atoms with Gasteiger partial charge in [-0.15, -0.1) is 0 Å². The number of aryl methyl sites for hydroxylation is 1. The number of amides is 1. The summed E-state index contributed by atoms with van der Waals surface area (Å²) >= 11 is 0. The van der Waals surface area contributed by atoms with Gasteiger partial charge in [-0.1, -0.05) is 19.0 Å². The first-order valence-corrected chi connectivity index (χ1v) is 8.07. The number of nitrogens with zero attached hydrogens (tertiary/aromatic N) is 4. The number of likely N-dealkylation sites (tertiary alicyclic amines) is 1. The number of alkyl halides is 3. The van der Waals surface area contributed by atoms with Crippen LogP contribution in [-0.2, 0) is 13.2 Å². The van der Waals surface area contributed by atoms with E-state index < -0.39 is 17.8 Å². The topological polar surface area (TPSA) is 64.2 Å². The molecule has 0 saturated carbocycles. The molecule has 25 heavy (non-hydrogen) atoms. The molecular weight excluding hydrogens is 337 g/mol. The zero-order valence-electron chi connectivity index (χ0n) is 14.2. The number of hydrogen-bond acceptors (Lipinski definition) is 4. The number of rotatable bonds is 3. The monoisotopic (exact) mass is 356 g/mol. The SMILES string of the molecule is CC(C)c1cc(C2CCCN2C(=O)c2cc(C(F)(F)F)nn2C)on1. The molecule has 1 aliphatic heterocycles. The molecule has 6 nitrogen and oxygen atoms in total. The van der Waals surface area contributed by atoms with Gasteiger partial charge in [0.05, 0.1) is 11.7 Å². The van der Waals surface area contributed by atoms with E-state index in [1.165, 1.54) is 11.9 Å². The van der Waals surface area contributed by atoms with E-state index in [0.717, 1.165) is 22.9 Å². The minimum absolute atomic E-state index is 0.0946. The molecule has 1 amide bonds. The van der Waals surface area contributed by atoms with Crippen LogP contribution in [0.5, 0.6) is 0 Å². The largest absolute Gasteiger partial charge is 0.435 e. The zero-order chi connectivity index (χ0) is 18.4. The van der Waals surface area contributed by atoms with Crippen molar-refractivity contribution in [2.45, 2.75) is 44.8 Å². The Bertz CT molecular complexity index is 779. The third-order valence-corrected chi connectivity index (χ3v) is 4.37. The van der Waals surface area contributed by atoms with Gasteiger partial charge in [0.25, 0.3) is 5.91 Å². The van der Waals surface area contributed by atoms with Gasteiger partial charge in [0.1, 0.15) is 5.69 Å². The summed E-state index contributed by atoms with van der Waals surface area (Å²) in [5, 5.41) is 7.41. The first kappa shape index (κ1) is 17.5. The average Bonchev–Trinajstić information content (AvgIpc) is 3.24. The van der Waals surface area contributed by atoms with Gasteiger partial charge in [-0.25, -0.2) is 0 Å². The molecule has 0 aliphatic carbocycles. The summed E-state index contributed by atoms with van der Waals surface area (Å²) in [6.45, 7) is 4.41. The molecule has 1 atom stereocenters. The predicted octanol–water partition coefficient (Wildman–Crippen LogP) is 3.53. The number of carbonyl (C=O) groups is 1. The van der Waals surface area contributed by atoms with Gasteiger partial charge in [0, 0.05) is 25.7 Å². The van der Waals surface area contributed by atoms with Crippen molar-refractivity contribution < 1.29 is 22.5 Å². The van der Waals surface area contributed by atoms with Crippen molar-refractivity contribution >= 4 is 5.91 Å². The Morgan fingerprint density at radius 3 is 2.64 bits per heavy atom. The molecule has 9 heteroatoms. The molecule has 0 spiro atoms. The average molecular weight is 356 g/mol. The van der Waals surface area contributed by atoms with E-state index in [1.54, 1.807) is 0 Å². The lowest BCUT2D eigenvalue weighted by atomic mass is 10.1. The molecule has 0 radical (unpaired) electrons. The highest BCUT2D eigenvalue weighted by Gasteiger charge is 2.38. The maximum absolute atomic E-state index is 12.8. The fraction of sp³-hybridized carbons (Fsp3) is 0.562. The van der Waals surface area contributed by atoms with Gasteiger partial charge in [-0.2, -0.15) is 18.3 Å². The molecule has 1 saturated heterocycles. The van der Waals surface area contributed by atoms with Crippen molar-refractivity contribution in [3.05, 3.63) is 35.0 Å². The fourth-order valence-corrected chi connectivity index (χ4v) is 2.99. The van der Waals surface area contributed by atoms with Crippen molar-refractivity contribution in [2.24, 2.45) is 7.05 Å². The van der Waals surface area contributed by atoms with Gasteiger partial charge >= 0.3 is 6.18 Å². The number of halogens is 3. The fourth-order valence-electron chi connectivity index (χ4n) is 2.99. The molecule has 136 valence electrons. The molecule has 0 N–H and O–H groups in total. The van der Waals surface area contributed by atoms with Crippen LogP contribution < -0.4 is 0 Å². The van der Waals surface area contributed by atoms with Crippen molar-refractivity contribution in [1.82, 2.24) is 19.8 Å². The van der Waals surface area contributed by atoms with Crippen molar-refractivity contribution in [2.75, 3.05) is 6.54 Å². The second kappa shape index (κ2) is 6.20. The van der Waals surface area contributed by atoms with Crippen LogP contribution >= 0.6 is 0 Å². The summed E-state index contributed by atoms with van der Waals surface area (Å²) in [5.41, 5.74) is -0.382. The first-order valence-electron chi connectivity index (χ1n) is 8.07. The molecular formula is C16H19F3N4O2. The van der Waals surface area contributed by atoms with E-state index in [2.05, 4.69) is 10.3 Å². The minimum Gasteiger partial charge on any atom is -0.359 e. The van der Waals surface area contributed by atoms with E-state index in [0.29, 0.717) is 18.7 Å². The summed E-state index contributed by atoms with van der Waals surface area (Å²) < 4.78 is 44.8. The Hall–Kier alpha value is -2.32. The summed E-state index contributed by atoms with van der Waals surface area (Å²) in [6, 6.07) is 2.28. The molecule has 1 fully saturated rings. The number of hydrogen-bond donors (Lipinski definition) is 0.